The molecule has 0 fully saturated rings. The fraction of sp³-hybridized carbons (Fsp3) is 0.375. The number of aromatic hydroxyl groups is 2. The third-order valence-corrected chi connectivity index (χ3v) is 3.77. The predicted molar refractivity (Wildman–Crippen MR) is 73.8 cm³/mol. The molecule has 2 unspecified atom stereocenters. The Morgan fingerprint density at radius 3 is 2.44 bits per heavy atom. The fourth-order valence-corrected chi connectivity index (χ4v) is 2.79. The van der Waals surface area contributed by atoms with E-state index in [0.29, 0.717) is 5.56 Å². The van der Waals surface area contributed by atoms with Gasteiger partial charge in [0, 0.05) is 11.5 Å². The molecule has 2 N–H and O–H groups in total. The van der Waals surface area contributed by atoms with Gasteiger partial charge in [0.1, 0.15) is 11.5 Å². The van der Waals surface area contributed by atoms with Gasteiger partial charge in [-0.3, -0.25) is 0 Å². The third kappa shape index (κ3) is 2.28. The van der Waals surface area contributed by atoms with Crippen LogP contribution in [0.25, 0.3) is 0 Å². The topological polar surface area (TPSA) is 40.5 Å². The predicted octanol–water partition coefficient (Wildman–Crippen LogP) is 4.11. The van der Waals surface area contributed by atoms with E-state index < -0.39 is 0 Å². The van der Waals surface area contributed by atoms with E-state index in [0.717, 1.165) is 18.4 Å². The minimum absolute atomic E-state index is 0.0254. The van der Waals surface area contributed by atoms with Gasteiger partial charge in [-0.15, -0.1) is 0 Å². The molecular formula is C16H20O2. The van der Waals surface area contributed by atoms with Crippen molar-refractivity contribution < 1.29 is 10.2 Å². The van der Waals surface area contributed by atoms with Crippen molar-refractivity contribution in [3.05, 3.63) is 47.6 Å². The molecule has 0 amide bonds. The Labute approximate surface area is 108 Å². The van der Waals surface area contributed by atoms with Gasteiger partial charge in [0.25, 0.3) is 0 Å². The van der Waals surface area contributed by atoms with Crippen LogP contribution in [0.5, 0.6) is 11.5 Å². The molecule has 96 valence electrons. The number of phenols is 2. The molecule has 0 aliphatic heterocycles. The Morgan fingerprint density at radius 2 is 1.89 bits per heavy atom. The van der Waals surface area contributed by atoms with Gasteiger partial charge in [-0.05, 0) is 44.7 Å². The standard InChI is InChI=1S/C16H20O2/c1-10(2)12-8-7-11(3)9-13(12)16-14(17)5-4-6-15(16)18/h4-6,9,12-13,17-18H,1,7-8H2,2-3H3. The number of benzene rings is 1. The smallest absolute Gasteiger partial charge is 0.123 e. The van der Waals surface area contributed by atoms with Crippen molar-refractivity contribution in [3.63, 3.8) is 0 Å². The van der Waals surface area contributed by atoms with Crippen molar-refractivity contribution in [2.75, 3.05) is 0 Å². The molecule has 1 aromatic carbocycles. The molecule has 0 spiro atoms. The van der Waals surface area contributed by atoms with E-state index in [-0.39, 0.29) is 23.3 Å². The highest BCUT2D eigenvalue weighted by Gasteiger charge is 2.29. The minimum atomic E-state index is 0.0254. The lowest BCUT2D eigenvalue weighted by Crippen LogP contribution is -2.17. The summed E-state index contributed by atoms with van der Waals surface area (Å²) in [4.78, 5) is 0. The Morgan fingerprint density at radius 1 is 1.28 bits per heavy atom. The number of hydrogen-bond acceptors (Lipinski definition) is 2. The average Bonchev–Trinajstić information content (AvgIpc) is 2.28. The van der Waals surface area contributed by atoms with Gasteiger partial charge in [-0.25, -0.2) is 0 Å². The average molecular weight is 244 g/mol. The normalized spacial score (nSPS) is 23.6. The van der Waals surface area contributed by atoms with E-state index in [2.05, 4.69) is 19.6 Å². The molecule has 2 rings (SSSR count). The van der Waals surface area contributed by atoms with Crippen LogP contribution >= 0.6 is 0 Å². The summed E-state index contributed by atoms with van der Waals surface area (Å²) in [5.74, 6) is 0.639. The molecule has 2 atom stereocenters. The largest absolute Gasteiger partial charge is 0.508 e. The minimum Gasteiger partial charge on any atom is -0.508 e. The highest BCUT2D eigenvalue weighted by molar-refractivity contribution is 5.49. The molecule has 0 aromatic heterocycles. The van der Waals surface area contributed by atoms with Crippen molar-refractivity contribution in [1.29, 1.82) is 0 Å². The van der Waals surface area contributed by atoms with Gasteiger partial charge in [0.2, 0.25) is 0 Å². The summed E-state index contributed by atoms with van der Waals surface area (Å²) in [7, 11) is 0. The lowest BCUT2D eigenvalue weighted by molar-refractivity contribution is 0.407. The number of hydrogen-bond donors (Lipinski definition) is 2. The van der Waals surface area contributed by atoms with Crippen molar-refractivity contribution in [1.82, 2.24) is 0 Å². The van der Waals surface area contributed by atoms with Gasteiger partial charge in [-0.1, -0.05) is 29.9 Å². The first kappa shape index (κ1) is 12.7. The van der Waals surface area contributed by atoms with Crippen LogP contribution in [0.15, 0.2) is 42.0 Å². The lowest BCUT2D eigenvalue weighted by atomic mass is 9.74. The molecule has 1 aliphatic carbocycles. The van der Waals surface area contributed by atoms with Crippen LogP contribution in [0, 0.1) is 5.92 Å². The second-order valence-corrected chi connectivity index (χ2v) is 5.24. The second kappa shape index (κ2) is 4.89. The SMILES string of the molecule is C=C(C)C1CCC(C)=CC1c1c(O)cccc1O. The first-order chi connectivity index (χ1) is 8.50. The molecule has 0 saturated heterocycles. The van der Waals surface area contributed by atoms with Crippen molar-refractivity contribution >= 4 is 0 Å². The molecule has 0 heterocycles. The molecule has 2 nitrogen and oxygen atoms in total. The maximum absolute atomic E-state index is 10.0. The van der Waals surface area contributed by atoms with Crippen LogP contribution in [0.4, 0.5) is 0 Å². The van der Waals surface area contributed by atoms with Gasteiger partial charge in [0.05, 0.1) is 0 Å². The molecule has 0 saturated carbocycles. The van der Waals surface area contributed by atoms with Crippen LogP contribution in [0.3, 0.4) is 0 Å². The molecule has 0 bridgehead atoms. The number of phenolic OH excluding ortho intramolecular Hbond substituents is 2. The monoisotopic (exact) mass is 244 g/mol. The van der Waals surface area contributed by atoms with E-state index >= 15 is 0 Å². The summed E-state index contributed by atoms with van der Waals surface area (Å²) in [6.07, 6.45) is 4.23. The first-order valence-electron chi connectivity index (χ1n) is 6.34. The van der Waals surface area contributed by atoms with E-state index in [9.17, 15) is 10.2 Å². The summed E-state index contributed by atoms with van der Waals surface area (Å²) in [5, 5.41) is 20.0. The Balaban J connectivity index is 2.51. The molecule has 18 heavy (non-hydrogen) atoms. The zero-order valence-corrected chi connectivity index (χ0v) is 11.0. The zero-order chi connectivity index (χ0) is 13.3. The summed E-state index contributed by atoms with van der Waals surface area (Å²) in [6.45, 7) is 8.16. The molecule has 1 aliphatic rings. The highest BCUT2D eigenvalue weighted by atomic mass is 16.3. The van der Waals surface area contributed by atoms with Crippen LogP contribution in [0.1, 0.15) is 38.2 Å². The van der Waals surface area contributed by atoms with Gasteiger partial charge >= 0.3 is 0 Å². The van der Waals surface area contributed by atoms with Crippen LogP contribution in [-0.4, -0.2) is 10.2 Å². The Bertz CT molecular complexity index is 480. The summed E-state index contributed by atoms with van der Waals surface area (Å²) in [6, 6.07) is 4.91. The van der Waals surface area contributed by atoms with Crippen molar-refractivity contribution in [3.8, 4) is 11.5 Å². The molecule has 2 heteroatoms. The van der Waals surface area contributed by atoms with Gasteiger partial charge in [0.15, 0.2) is 0 Å². The maximum Gasteiger partial charge on any atom is 0.123 e. The van der Waals surface area contributed by atoms with E-state index in [1.165, 1.54) is 5.57 Å². The lowest BCUT2D eigenvalue weighted by Gasteiger charge is -2.31. The van der Waals surface area contributed by atoms with E-state index in [1.54, 1.807) is 18.2 Å². The molecule has 1 aromatic rings. The maximum atomic E-state index is 10.0. The Kier molecular flexibility index (Phi) is 3.46. The van der Waals surface area contributed by atoms with Crippen molar-refractivity contribution in [2.24, 2.45) is 5.92 Å². The van der Waals surface area contributed by atoms with Gasteiger partial charge in [-0.2, -0.15) is 0 Å². The molecule has 0 radical (unpaired) electrons. The fourth-order valence-electron chi connectivity index (χ4n) is 2.79. The second-order valence-electron chi connectivity index (χ2n) is 5.24. The van der Waals surface area contributed by atoms with E-state index in [4.69, 9.17) is 0 Å². The van der Waals surface area contributed by atoms with E-state index in [1.807, 2.05) is 6.92 Å². The summed E-state index contributed by atoms with van der Waals surface area (Å²) < 4.78 is 0. The summed E-state index contributed by atoms with van der Waals surface area (Å²) >= 11 is 0. The quantitative estimate of drug-likeness (QED) is 0.768. The number of allylic oxidation sites excluding steroid dienone is 3. The summed E-state index contributed by atoms with van der Waals surface area (Å²) in [5.41, 5.74) is 3.04. The van der Waals surface area contributed by atoms with Crippen LogP contribution in [-0.2, 0) is 0 Å². The molecular weight excluding hydrogens is 224 g/mol. The van der Waals surface area contributed by atoms with Crippen LogP contribution in [0.2, 0.25) is 0 Å². The van der Waals surface area contributed by atoms with Crippen molar-refractivity contribution in [2.45, 2.75) is 32.6 Å². The number of rotatable bonds is 2. The highest BCUT2D eigenvalue weighted by Crippen LogP contribution is 2.45. The zero-order valence-electron chi connectivity index (χ0n) is 11.0. The van der Waals surface area contributed by atoms with Crippen LogP contribution < -0.4 is 0 Å². The van der Waals surface area contributed by atoms with Gasteiger partial charge < -0.3 is 10.2 Å². The first-order valence-corrected chi connectivity index (χ1v) is 6.34. The Hall–Kier alpha value is -1.70. The third-order valence-electron chi connectivity index (χ3n) is 3.77.